The number of rotatable bonds is 3. The van der Waals surface area contributed by atoms with Gasteiger partial charge in [-0.25, -0.2) is 0 Å². The quantitative estimate of drug-likeness (QED) is 0.626. The first-order valence-electron chi connectivity index (χ1n) is 5.65. The molecule has 100 valence electrons. The predicted molar refractivity (Wildman–Crippen MR) is 74.1 cm³/mol. The van der Waals surface area contributed by atoms with E-state index in [0.717, 1.165) is 0 Å². The second kappa shape index (κ2) is 5.59. The van der Waals surface area contributed by atoms with Crippen molar-refractivity contribution in [2.75, 3.05) is 0 Å². The molecule has 0 heterocycles. The van der Waals surface area contributed by atoms with Crippen molar-refractivity contribution in [2.45, 2.75) is 6.92 Å². The third kappa shape index (κ3) is 2.56. The van der Waals surface area contributed by atoms with Gasteiger partial charge in [0, 0.05) is 6.07 Å². The minimum absolute atomic E-state index is 0.0648. The molecule has 0 aromatic heterocycles. The molecule has 0 aliphatic rings. The van der Waals surface area contributed by atoms with Gasteiger partial charge in [-0.2, -0.15) is 5.26 Å². The van der Waals surface area contributed by atoms with E-state index in [-0.39, 0.29) is 22.2 Å². The van der Waals surface area contributed by atoms with E-state index in [1.54, 1.807) is 25.1 Å². The van der Waals surface area contributed by atoms with Crippen LogP contribution in [0.3, 0.4) is 0 Å². The van der Waals surface area contributed by atoms with Gasteiger partial charge in [-0.05, 0) is 24.6 Å². The zero-order valence-corrected chi connectivity index (χ0v) is 11.2. The first kappa shape index (κ1) is 13.8. The maximum absolute atomic E-state index is 11.0. The standard InChI is InChI=1S/C14H9ClN2O3/c1-9-4-2-5-10(8-16)13(9)20-14-11(15)6-3-7-12(14)17(18)19/h2-7H,1H3. The fourth-order valence-electron chi connectivity index (χ4n) is 1.72. The number of nitriles is 1. The van der Waals surface area contributed by atoms with Crippen molar-refractivity contribution in [1.29, 1.82) is 5.26 Å². The maximum atomic E-state index is 11.0. The Bertz CT molecular complexity index is 723. The van der Waals surface area contributed by atoms with Gasteiger partial charge in [0.15, 0.2) is 0 Å². The molecule has 0 atom stereocenters. The van der Waals surface area contributed by atoms with Crippen molar-refractivity contribution in [1.82, 2.24) is 0 Å². The van der Waals surface area contributed by atoms with Crippen LogP contribution in [0.2, 0.25) is 5.02 Å². The van der Waals surface area contributed by atoms with E-state index in [2.05, 4.69) is 0 Å². The van der Waals surface area contributed by atoms with Crippen LogP contribution in [-0.4, -0.2) is 4.92 Å². The van der Waals surface area contributed by atoms with Crippen LogP contribution in [-0.2, 0) is 0 Å². The molecular weight excluding hydrogens is 280 g/mol. The number of nitrogens with zero attached hydrogens (tertiary/aromatic N) is 2. The molecule has 0 radical (unpaired) electrons. The summed E-state index contributed by atoms with van der Waals surface area (Å²) in [4.78, 5) is 10.4. The van der Waals surface area contributed by atoms with E-state index in [1.165, 1.54) is 18.2 Å². The van der Waals surface area contributed by atoms with Gasteiger partial charge in [-0.15, -0.1) is 0 Å². The molecule has 6 heteroatoms. The van der Waals surface area contributed by atoms with Crippen LogP contribution in [0, 0.1) is 28.4 Å². The summed E-state index contributed by atoms with van der Waals surface area (Å²) in [6.07, 6.45) is 0. The second-order valence-electron chi connectivity index (χ2n) is 4.01. The summed E-state index contributed by atoms with van der Waals surface area (Å²) < 4.78 is 5.56. The predicted octanol–water partition coefficient (Wildman–Crippen LogP) is 4.22. The van der Waals surface area contributed by atoms with E-state index in [0.29, 0.717) is 11.1 Å². The van der Waals surface area contributed by atoms with Gasteiger partial charge in [0.2, 0.25) is 5.75 Å². The molecule has 0 aliphatic carbocycles. The van der Waals surface area contributed by atoms with E-state index in [4.69, 9.17) is 21.6 Å². The topological polar surface area (TPSA) is 76.2 Å². The summed E-state index contributed by atoms with van der Waals surface area (Å²) >= 11 is 5.96. The lowest BCUT2D eigenvalue weighted by atomic mass is 10.1. The monoisotopic (exact) mass is 288 g/mol. The summed E-state index contributed by atoms with van der Waals surface area (Å²) in [5, 5.41) is 20.2. The molecule has 0 saturated carbocycles. The molecule has 0 saturated heterocycles. The number of benzene rings is 2. The normalized spacial score (nSPS) is 9.85. The SMILES string of the molecule is Cc1cccc(C#N)c1Oc1c(Cl)cccc1[N+](=O)[O-]. The summed E-state index contributed by atoms with van der Waals surface area (Å²) in [5.41, 5.74) is 0.738. The highest BCUT2D eigenvalue weighted by Crippen LogP contribution is 2.39. The first-order valence-corrected chi connectivity index (χ1v) is 6.03. The van der Waals surface area contributed by atoms with Gasteiger partial charge in [0.25, 0.3) is 0 Å². The number of halogens is 1. The van der Waals surface area contributed by atoms with Crippen LogP contribution < -0.4 is 4.74 Å². The van der Waals surface area contributed by atoms with Crippen LogP contribution in [0.25, 0.3) is 0 Å². The molecule has 5 nitrogen and oxygen atoms in total. The number of hydrogen-bond acceptors (Lipinski definition) is 4. The van der Waals surface area contributed by atoms with Gasteiger partial charge in [-0.3, -0.25) is 10.1 Å². The molecule has 2 rings (SSSR count). The molecule has 0 aliphatic heterocycles. The van der Waals surface area contributed by atoms with Crippen molar-refractivity contribution in [2.24, 2.45) is 0 Å². The zero-order valence-electron chi connectivity index (χ0n) is 10.5. The molecule has 2 aromatic carbocycles. The van der Waals surface area contributed by atoms with Crippen LogP contribution in [0.15, 0.2) is 36.4 Å². The van der Waals surface area contributed by atoms with Gasteiger partial charge in [-0.1, -0.05) is 29.8 Å². The fourth-order valence-corrected chi connectivity index (χ4v) is 1.93. The second-order valence-corrected chi connectivity index (χ2v) is 4.42. The maximum Gasteiger partial charge on any atom is 0.313 e. The number of ether oxygens (including phenoxy) is 1. The summed E-state index contributed by atoms with van der Waals surface area (Å²) in [6.45, 7) is 1.75. The van der Waals surface area contributed by atoms with Crippen molar-refractivity contribution in [3.63, 3.8) is 0 Å². The highest BCUT2D eigenvalue weighted by molar-refractivity contribution is 6.32. The lowest BCUT2D eigenvalue weighted by molar-refractivity contribution is -0.385. The minimum atomic E-state index is -0.578. The summed E-state index contributed by atoms with van der Waals surface area (Å²) in [6, 6.07) is 11.3. The number of para-hydroxylation sites is 2. The zero-order chi connectivity index (χ0) is 14.7. The average Bonchev–Trinajstić information content (AvgIpc) is 2.42. The van der Waals surface area contributed by atoms with Crippen LogP contribution in [0.1, 0.15) is 11.1 Å². The summed E-state index contributed by atoms with van der Waals surface area (Å²) in [5.74, 6) is 0.205. The number of nitro benzene ring substituents is 1. The first-order chi connectivity index (χ1) is 9.54. The molecular formula is C14H9ClN2O3. The largest absolute Gasteiger partial charge is 0.447 e. The molecule has 0 bridgehead atoms. The molecule has 0 spiro atoms. The molecule has 20 heavy (non-hydrogen) atoms. The minimum Gasteiger partial charge on any atom is -0.447 e. The van der Waals surface area contributed by atoms with Crippen molar-refractivity contribution < 1.29 is 9.66 Å². The Morgan fingerprint density at radius 1 is 1.25 bits per heavy atom. The number of aryl methyl sites for hydroxylation is 1. The number of nitro groups is 1. The highest BCUT2D eigenvalue weighted by atomic mass is 35.5. The smallest absolute Gasteiger partial charge is 0.313 e. The van der Waals surface area contributed by atoms with Crippen molar-refractivity contribution >= 4 is 17.3 Å². The van der Waals surface area contributed by atoms with Gasteiger partial charge in [0.05, 0.1) is 15.5 Å². The Balaban J connectivity index is 2.57. The Hall–Kier alpha value is -2.58. The fraction of sp³-hybridized carbons (Fsp3) is 0.0714. The lowest BCUT2D eigenvalue weighted by Crippen LogP contribution is -1.97. The highest BCUT2D eigenvalue weighted by Gasteiger charge is 2.20. The molecule has 2 aromatic rings. The Morgan fingerprint density at radius 3 is 2.60 bits per heavy atom. The van der Waals surface area contributed by atoms with Crippen molar-refractivity contribution in [3.05, 3.63) is 62.7 Å². The Morgan fingerprint density at radius 2 is 1.95 bits per heavy atom. The molecule has 0 fully saturated rings. The van der Waals surface area contributed by atoms with Crippen LogP contribution >= 0.6 is 11.6 Å². The van der Waals surface area contributed by atoms with E-state index < -0.39 is 4.92 Å². The average molecular weight is 289 g/mol. The van der Waals surface area contributed by atoms with E-state index in [1.807, 2.05) is 6.07 Å². The third-order valence-electron chi connectivity index (χ3n) is 2.68. The van der Waals surface area contributed by atoms with E-state index >= 15 is 0 Å². The lowest BCUT2D eigenvalue weighted by Gasteiger charge is -2.11. The molecule has 0 unspecified atom stereocenters. The Kier molecular flexibility index (Phi) is 3.87. The van der Waals surface area contributed by atoms with Crippen LogP contribution in [0.4, 0.5) is 5.69 Å². The van der Waals surface area contributed by atoms with Gasteiger partial charge < -0.3 is 4.74 Å². The van der Waals surface area contributed by atoms with Gasteiger partial charge in [0.1, 0.15) is 11.8 Å². The van der Waals surface area contributed by atoms with Crippen LogP contribution in [0.5, 0.6) is 11.5 Å². The van der Waals surface area contributed by atoms with Gasteiger partial charge >= 0.3 is 5.69 Å². The van der Waals surface area contributed by atoms with E-state index in [9.17, 15) is 10.1 Å². The number of hydrogen-bond donors (Lipinski definition) is 0. The Labute approximate surface area is 120 Å². The molecule has 0 N–H and O–H groups in total. The van der Waals surface area contributed by atoms with Crippen molar-refractivity contribution in [3.8, 4) is 17.6 Å². The third-order valence-corrected chi connectivity index (χ3v) is 2.98. The molecule has 0 amide bonds. The summed E-state index contributed by atoms with van der Waals surface area (Å²) in [7, 11) is 0.